The highest BCUT2D eigenvalue weighted by Gasteiger charge is 2.33. The van der Waals surface area contributed by atoms with Crippen molar-refractivity contribution in [3.05, 3.63) is 15.9 Å². The van der Waals surface area contributed by atoms with Crippen LogP contribution in [-0.2, 0) is 15.9 Å². The van der Waals surface area contributed by atoms with E-state index < -0.39 is 17.7 Å². The van der Waals surface area contributed by atoms with Gasteiger partial charge in [-0.1, -0.05) is 0 Å². The van der Waals surface area contributed by atoms with E-state index in [0.29, 0.717) is 22.4 Å². The number of amides is 1. The number of carbonyl (C=O) groups excluding carboxylic acids is 2. The number of rotatable bonds is 1. The first-order valence-electron chi connectivity index (χ1n) is 6.73. The van der Waals surface area contributed by atoms with Gasteiger partial charge in [0.05, 0.1) is 17.3 Å². The zero-order valence-electron chi connectivity index (χ0n) is 12.6. The zero-order valence-corrected chi connectivity index (χ0v) is 14.2. The molecule has 0 aromatic carbocycles. The highest BCUT2D eigenvalue weighted by atomic mass is 79.9. The van der Waals surface area contributed by atoms with Gasteiger partial charge < -0.3 is 14.5 Å². The number of nitrogens with one attached hydrogen (secondary N) is 1. The van der Waals surface area contributed by atoms with E-state index in [1.807, 2.05) is 20.8 Å². The highest BCUT2D eigenvalue weighted by molar-refractivity contribution is 9.10. The number of H-pyrrole nitrogens is 1. The van der Waals surface area contributed by atoms with Crippen LogP contribution in [0.15, 0.2) is 4.47 Å². The van der Waals surface area contributed by atoms with Crippen LogP contribution < -0.4 is 4.90 Å². The molecule has 0 unspecified atom stereocenters. The Morgan fingerprint density at radius 2 is 2.00 bits per heavy atom. The van der Waals surface area contributed by atoms with Gasteiger partial charge in [0.25, 0.3) is 0 Å². The number of methoxy groups -OCH3 is 1. The molecule has 0 fully saturated rings. The molecule has 0 radical (unpaired) electrons. The molecule has 1 aromatic heterocycles. The number of ether oxygens (including phenoxy) is 2. The van der Waals surface area contributed by atoms with Crippen molar-refractivity contribution in [1.82, 2.24) is 4.98 Å². The molecule has 0 atom stereocenters. The van der Waals surface area contributed by atoms with Crippen LogP contribution in [0.2, 0.25) is 0 Å². The molecule has 2 heterocycles. The molecule has 0 bridgehead atoms. The Labute approximate surface area is 131 Å². The van der Waals surface area contributed by atoms with Crippen LogP contribution in [0.25, 0.3) is 0 Å². The second-order valence-corrected chi connectivity index (χ2v) is 6.66. The number of nitrogens with zero attached hydrogens (tertiary/aromatic N) is 1. The Hall–Kier alpha value is -1.50. The van der Waals surface area contributed by atoms with E-state index in [9.17, 15) is 9.59 Å². The van der Waals surface area contributed by atoms with E-state index in [-0.39, 0.29) is 0 Å². The molecule has 1 amide bonds. The van der Waals surface area contributed by atoms with Gasteiger partial charge in [-0.25, -0.2) is 9.59 Å². The third kappa shape index (κ3) is 3.23. The first-order valence-corrected chi connectivity index (χ1v) is 7.53. The average Bonchev–Trinajstić information content (AvgIpc) is 2.73. The molecule has 2 rings (SSSR count). The van der Waals surface area contributed by atoms with Gasteiger partial charge in [-0.05, 0) is 49.5 Å². The Kier molecular flexibility index (Phi) is 4.32. The summed E-state index contributed by atoms with van der Waals surface area (Å²) >= 11 is 3.39. The number of aryl methyl sites for hydroxylation is 1. The molecule has 7 heteroatoms. The fraction of sp³-hybridized carbons (Fsp3) is 0.571. The van der Waals surface area contributed by atoms with Crippen molar-refractivity contribution >= 4 is 33.7 Å². The number of esters is 1. The molecule has 1 aliphatic rings. The summed E-state index contributed by atoms with van der Waals surface area (Å²) in [5.74, 6) is -0.472. The number of aromatic nitrogens is 1. The van der Waals surface area contributed by atoms with Gasteiger partial charge in [0.2, 0.25) is 0 Å². The van der Waals surface area contributed by atoms with Crippen molar-refractivity contribution in [2.45, 2.75) is 39.2 Å². The Morgan fingerprint density at radius 3 is 2.57 bits per heavy atom. The average molecular weight is 359 g/mol. The third-order valence-electron chi connectivity index (χ3n) is 3.07. The number of hydrogen-bond acceptors (Lipinski definition) is 4. The second kappa shape index (κ2) is 5.71. The molecule has 0 aliphatic carbocycles. The quantitative estimate of drug-likeness (QED) is 0.782. The van der Waals surface area contributed by atoms with E-state index in [1.54, 1.807) is 4.90 Å². The number of fused-ring (bicyclic) bond motifs is 1. The summed E-state index contributed by atoms with van der Waals surface area (Å²) in [6.07, 6.45) is 1.16. The van der Waals surface area contributed by atoms with Crippen molar-refractivity contribution in [3.63, 3.8) is 0 Å². The zero-order chi connectivity index (χ0) is 15.8. The van der Waals surface area contributed by atoms with Crippen LogP contribution in [0, 0.1) is 0 Å². The summed E-state index contributed by atoms with van der Waals surface area (Å²) in [6.45, 7) is 6.02. The molecular weight excluding hydrogens is 340 g/mol. The number of halogens is 1. The molecule has 6 nitrogen and oxygen atoms in total. The van der Waals surface area contributed by atoms with Gasteiger partial charge >= 0.3 is 12.1 Å². The SMILES string of the molecule is COC(=O)c1[nH]c2c(c1Br)N(C(=O)OC(C)(C)C)CCC2. The van der Waals surface area contributed by atoms with E-state index >= 15 is 0 Å². The minimum atomic E-state index is -0.567. The van der Waals surface area contributed by atoms with Crippen LogP contribution in [0.3, 0.4) is 0 Å². The molecule has 0 saturated carbocycles. The number of hydrogen-bond donors (Lipinski definition) is 1. The maximum atomic E-state index is 12.3. The minimum absolute atomic E-state index is 0.318. The van der Waals surface area contributed by atoms with Crippen LogP contribution in [0.5, 0.6) is 0 Å². The van der Waals surface area contributed by atoms with Gasteiger partial charge in [0.1, 0.15) is 11.3 Å². The van der Waals surface area contributed by atoms with Crippen LogP contribution in [0.1, 0.15) is 43.4 Å². The van der Waals surface area contributed by atoms with E-state index in [4.69, 9.17) is 9.47 Å². The molecule has 116 valence electrons. The molecule has 1 N–H and O–H groups in total. The standard InChI is InChI=1S/C14H19BrN2O4/c1-14(2,3)21-13(19)17-7-5-6-8-11(17)9(15)10(16-8)12(18)20-4/h16H,5-7H2,1-4H3. The van der Waals surface area contributed by atoms with Gasteiger partial charge in [0, 0.05) is 12.2 Å². The summed E-state index contributed by atoms with van der Waals surface area (Å²) in [5.41, 5.74) is 1.25. The van der Waals surface area contributed by atoms with Gasteiger partial charge in [-0.15, -0.1) is 0 Å². The van der Waals surface area contributed by atoms with E-state index in [2.05, 4.69) is 20.9 Å². The summed E-state index contributed by atoms with van der Waals surface area (Å²) in [6, 6.07) is 0. The first-order chi connectivity index (χ1) is 9.74. The topological polar surface area (TPSA) is 71.6 Å². The predicted molar refractivity (Wildman–Crippen MR) is 81.7 cm³/mol. The van der Waals surface area contributed by atoms with Crippen molar-refractivity contribution < 1.29 is 19.1 Å². The van der Waals surface area contributed by atoms with Crippen molar-refractivity contribution in [1.29, 1.82) is 0 Å². The largest absolute Gasteiger partial charge is 0.464 e. The first kappa shape index (κ1) is 15.9. The summed E-state index contributed by atoms with van der Waals surface area (Å²) in [5, 5.41) is 0. The Bertz CT molecular complexity index is 574. The minimum Gasteiger partial charge on any atom is -0.464 e. The van der Waals surface area contributed by atoms with E-state index in [1.165, 1.54) is 7.11 Å². The lowest BCUT2D eigenvalue weighted by atomic mass is 10.1. The predicted octanol–water partition coefficient (Wildman–Crippen LogP) is 3.25. The summed E-state index contributed by atoms with van der Waals surface area (Å²) < 4.78 is 10.7. The van der Waals surface area contributed by atoms with E-state index in [0.717, 1.165) is 18.5 Å². The fourth-order valence-corrected chi connectivity index (χ4v) is 2.96. The Balaban J connectivity index is 2.37. The lowest BCUT2D eigenvalue weighted by Gasteiger charge is -2.30. The van der Waals surface area contributed by atoms with Crippen molar-refractivity contribution in [2.24, 2.45) is 0 Å². The van der Waals surface area contributed by atoms with Gasteiger partial charge in [-0.2, -0.15) is 0 Å². The fourth-order valence-electron chi connectivity index (χ4n) is 2.25. The van der Waals surface area contributed by atoms with Crippen LogP contribution >= 0.6 is 15.9 Å². The normalized spacial score (nSPS) is 14.6. The lowest BCUT2D eigenvalue weighted by Crippen LogP contribution is -2.39. The molecule has 0 saturated heterocycles. The highest BCUT2D eigenvalue weighted by Crippen LogP contribution is 2.38. The molecule has 21 heavy (non-hydrogen) atoms. The smallest absolute Gasteiger partial charge is 0.414 e. The number of aromatic amines is 1. The van der Waals surface area contributed by atoms with Crippen LogP contribution in [-0.4, -0.2) is 36.3 Å². The lowest BCUT2D eigenvalue weighted by molar-refractivity contribution is 0.0571. The monoisotopic (exact) mass is 358 g/mol. The molecule has 1 aromatic rings. The maximum absolute atomic E-state index is 12.3. The second-order valence-electron chi connectivity index (χ2n) is 5.87. The number of anilines is 1. The summed E-state index contributed by atoms with van der Waals surface area (Å²) in [7, 11) is 1.32. The maximum Gasteiger partial charge on any atom is 0.414 e. The van der Waals surface area contributed by atoms with Crippen molar-refractivity contribution in [2.75, 3.05) is 18.6 Å². The summed E-state index contributed by atoms with van der Waals surface area (Å²) in [4.78, 5) is 28.7. The molecule has 0 spiro atoms. The van der Waals surface area contributed by atoms with Crippen LogP contribution in [0.4, 0.5) is 10.5 Å². The third-order valence-corrected chi connectivity index (χ3v) is 3.84. The van der Waals surface area contributed by atoms with Gasteiger partial charge in [0.15, 0.2) is 0 Å². The van der Waals surface area contributed by atoms with Crippen molar-refractivity contribution in [3.8, 4) is 0 Å². The molecule has 1 aliphatic heterocycles. The Morgan fingerprint density at radius 1 is 1.33 bits per heavy atom. The van der Waals surface area contributed by atoms with Gasteiger partial charge in [-0.3, -0.25) is 4.90 Å². The molecular formula is C14H19BrN2O4. The number of carbonyl (C=O) groups is 2.